The van der Waals surface area contributed by atoms with Crippen molar-refractivity contribution in [2.75, 3.05) is 0 Å². The second-order valence-electron chi connectivity index (χ2n) is 4.56. The fraction of sp³-hybridized carbons (Fsp3) is 0.500. The van der Waals surface area contributed by atoms with Gasteiger partial charge in [0.15, 0.2) is 9.76 Å². The van der Waals surface area contributed by atoms with Crippen molar-refractivity contribution in [2.45, 2.75) is 38.8 Å². The molecule has 0 saturated carbocycles. The highest BCUT2D eigenvalue weighted by molar-refractivity contribution is 6.27. The molecule has 0 atom stereocenters. The SMILES string of the molecule is CC[SiH2]OC(C)(C)Cc1cc(F)cc(F)c1. The van der Waals surface area contributed by atoms with Crippen molar-refractivity contribution in [3.63, 3.8) is 0 Å². The summed E-state index contributed by atoms with van der Waals surface area (Å²) in [6.45, 7) is 6.00. The molecule has 90 valence electrons. The first kappa shape index (κ1) is 13.3. The van der Waals surface area contributed by atoms with Crippen LogP contribution in [0.25, 0.3) is 0 Å². The van der Waals surface area contributed by atoms with Crippen LogP contribution >= 0.6 is 0 Å². The molecule has 0 heterocycles. The van der Waals surface area contributed by atoms with Gasteiger partial charge >= 0.3 is 0 Å². The highest BCUT2D eigenvalue weighted by Gasteiger charge is 2.18. The van der Waals surface area contributed by atoms with Crippen LogP contribution in [0.2, 0.25) is 6.04 Å². The largest absolute Gasteiger partial charge is 0.419 e. The van der Waals surface area contributed by atoms with E-state index in [0.717, 1.165) is 12.1 Å². The van der Waals surface area contributed by atoms with Gasteiger partial charge in [0.1, 0.15) is 11.6 Å². The molecule has 0 N–H and O–H groups in total. The van der Waals surface area contributed by atoms with Gasteiger partial charge in [-0.25, -0.2) is 8.78 Å². The summed E-state index contributed by atoms with van der Waals surface area (Å²) in [6.07, 6.45) is 0.536. The van der Waals surface area contributed by atoms with Gasteiger partial charge in [-0.15, -0.1) is 0 Å². The van der Waals surface area contributed by atoms with Gasteiger partial charge in [0, 0.05) is 6.07 Å². The van der Waals surface area contributed by atoms with Gasteiger partial charge in [0.2, 0.25) is 0 Å². The molecule has 0 aliphatic carbocycles. The third-order valence-electron chi connectivity index (χ3n) is 2.25. The summed E-state index contributed by atoms with van der Waals surface area (Å²) in [6, 6.07) is 4.68. The molecule has 16 heavy (non-hydrogen) atoms. The topological polar surface area (TPSA) is 9.23 Å². The zero-order chi connectivity index (χ0) is 12.2. The van der Waals surface area contributed by atoms with Crippen LogP contribution in [0.4, 0.5) is 8.78 Å². The van der Waals surface area contributed by atoms with Crippen LogP contribution < -0.4 is 0 Å². The quantitative estimate of drug-likeness (QED) is 0.724. The van der Waals surface area contributed by atoms with E-state index in [2.05, 4.69) is 6.92 Å². The maximum atomic E-state index is 13.0. The summed E-state index contributed by atoms with van der Waals surface area (Å²) in [5.41, 5.74) is 0.315. The molecule has 0 spiro atoms. The van der Waals surface area contributed by atoms with Crippen molar-refractivity contribution in [1.82, 2.24) is 0 Å². The van der Waals surface area contributed by atoms with E-state index in [1.165, 1.54) is 12.1 Å². The molecule has 0 unspecified atom stereocenters. The lowest BCUT2D eigenvalue weighted by Gasteiger charge is -2.26. The minimum Gasteiger partial charge on any atom is -0.419 e. The van der Waals surface area contributed by atoms with Gasteiger partial charge in [-0.3, -0.25) is 0 Å². The highest BCUT2D eigenvalue weighted by Crippen LogP contribution is 2.18. The lowest BCUT2D eigenvalue weighted by molar-refractivity contribution is 0.116. The maximum Gasteiger partial charge on any atom is 0.162 e. The van der Waals surface area contributed by atoms with Gasteiger partial charge in [0.05, 0.1) is 5.60 Å². The van der Waals surface area contributed by atoms with Crippen LogP contribution in [0.5, 0.6) is 0 Å². The van der Waals surface area contributed by atoms with E-state index >= 15 is 0 Å². The van der Waals surface area contributed by atoms with Crippen molar-refractivity contribution >= 4 is 9.76 Å². The molecule has 1 aromatic carbocycles. The van der Waals surface area contributed by atoms with Crippen LogP contribution in [0.15, 0.2) is 18.2 Å². The summed E-state index contributed by atoms with van der Waals surface area (Å²) in [7, 11) is -0.505. The van der Waals surface area contributed by atoms with E-state index in [-0.39, 0.29) is 5.60 Å². The van der Waals surface area contributed by atoms with Crippen LogP contribution in [0.1, 0.15) is 26.3 Å². The minimum atomic E-state index is -0.529. The first-order chi connectivity index (χ1) is 7.43. The summed E-state index contributed by atoms with van der Waals surface area (Å²) in [5, 5.41) is 0. The predicted molar refractivity (Wildman–Crippen MR) is 64.3 cm³/mol. The number of benzene rings is 1. The van der Waals surface area contributed by atoms with E-state index in [4.69, 9.17) is 4.43 Å². The molecular formula is C12H18F2OSi. The Bertz CT molecular complexity index is 333. The summed E-state index contributed by atoms with van der Waals surface area (Å²) in [4.78, 5) is 0. The molecule has 0 bridgehead atoms. The second-order valence-corrected chi connectivity index (χ2v) is 6.26. The van der Waals surface area contributed by atoms with Crippen molar-refractivity contribution in [2.24, 2.45) is 0 Å². The second kappa shape index (κ2) is 5.55. The minimum absolute atomic E-state index is 0.331. The van der Waals surface area contributed by atoms with E-state index in [1.54, 1.807) is 0 Å². The normalized spacial score (nSPS) is 12.6. The van der Waals surface area contributed by atoms with Crippen LogP contribution in [0.3, 0.4) is 0 Å². The standard InChI is InChI=1S/C12H18F2OSi/c1-4-16-15-12(2,3)8-9-5-10(13)7-11(14)6-9/h5-7H,4,8,16H2,1-3H3. The van der Waals surface area contributed by atoms with Gasteiger partial charge in [0.25, 0.3) is 0 Å². The van der Waals surface area contributed by atoms with Gasteiger partial charge in [-0.1, -0.05) is 6.92 Å². The summed E-state index contributed by atoms with van der Waals surface area (Å²) < 4.78 is 31.7. The average Bonchev–Trinajstić information content (AvgIpc) is 2.12. The molecule has 0 radical (unpaired) electrons. The Morgan fingerprint density at radius 1 is 1.19 bits per heavy atom. The predicted octanol–water partition coefficient (Wildman–Crippen LogP) is 2.82. The first-order valence-electron chi connectivity index (χ1n) is 5.52. The molecule has 0 aromatic heterocycles. The van der Waals surface area contributed by atoms with Crippen molar-refractivity contribution in [1.29, 1.82) is 0 Å². The smallest absolute Gasteiger partial charge is 0.162 e. The molecule has 1 nitrogen and oxygen atoms in total. The molecule has 0 amide bonds. The van der Waals surface area contributed by atoms with Gasteiger partial charge in [-0.2, -0.15) is 0 Å². The van der Waals surface area contributed by atoms with Crippen LogP contribution in [-0.4, -0.2) is 15.4 Å². The van der Waals surface area contributed by atoms with E-state index in [9.17, 15) is 8.78 Å². The molecule has 0 aliphatic rings. The maximum absolute atomic E-state index is 13.0. The average molecular weight is 244 g/mol. The van der Waals surface area contributed by atoms with E-state index < -0.39 is 21.4 Å². The zero-order valence-corrected chi connectivity index (χ0v) is 11.4. The summed E-state index contributed by atoms with van der Waals surface area (Å²) >= 11 is 0. The van der Waals surface area contributed by atoms with E-state index in [1.807, 2.05) is 13.8 Å². The Kier molecular flexibility index (Phi) is 4.62. The number of hydrogen-bond acceptors (Lipinski definition) is 1. The Balaban J connectivity index is 2.71. The van der Waals surface area contributed by atoms with Gasteiger partial charge < -0.3 is 4.43 Å². The molecule has 0 aliphatic heterocycles. The number of rotatable bonds is 5. The molecule has 4 heteroatoms. The fourth-order valence-electron chi connectivity index (χ4n) is 1.63. The number of halogens is 2. The molecule has 0 saturated heterocycles. The Hall–Kier alpha value is -0.743. The Morgan fingerprint density at radius 3 is 2.25 bits per heavy atom. The first-order valence-corrected chi connectivity index (χ1v) is 7.09. The van der Waals surface area contributed by atoms with Gasteiger partial charge in [-0.05, 0) is 44.0 Å². The van der Waals surface area contributed by atoms with Crippen molar-refractivity contribution in [3.05, 3.63) is 35.4 Å². The molecule has 1 rings (SSSR count). The molecule has 1 aromatic rings. The van der Waals surface area contributed by atoms with Crippen LogP contribution in [-0.2, 0) is 10.8 Å². The van der Waals surface area contributed by atoms with Crippen molar-refractivity contribution in [3.8, 4) is 0 Å². The lowest BCUT2D eigenvalue weighted by atomic mass is 9.99. The molecular weight excluding hydrogens is 226 g/mol. The molecule has 0 fully saturated rings. The van der Waals surface area contributed by atoms with E-state index in [0.29, 0.717) is 12.0 Å². The zero-order valence-electron chi connectivity index (χ0n) is 10.0. The van der Waals surface area contributed by atoms with Crippen molar-refractivity contribution < 1.29 is 13.2 Å². The summed E-state index contributed by atoms with van der Waals surface area (Å²) in [5.74, 6) is -1.06. The Morgan fingerprint density at radius 2 is 1.75 bits per heavy atom. The third-order valence-corrected chi connectivity index (χ3v) is 3.64. The lowest BCUT2D eigenvalue weighted by Crippen LogP contribution is -2.29. The third kappa shape index (κ3) is 4.41. The monoisotopic (exact) mass is 244 g/mol. The highest BCUT2D eigenvalue weighted by atomic mass is 28.2. The Labute approximate surface area is 97.8 Å². The number of hydrogen-bond donors (Lipinski definition) is 0. The van der Waals surface area contributed by atoms with Crippen LogP contribution in [0, 0.1) is 11.6 Å². The fourth-order valence-corrected chi connectivity index (χ4v) is 2.49.